The Morgan fingerprint density at radius 3 is 2.73 bits per heavy atom. The molecule has 1 aliphatic rings. The van der Waals surface area contributed by atoms with E-state index in [1.54, 1.807) is 0 Å². The van der Waals surface area contributed by atoms with E-state index >= 15 is 0 Å². The van der Waals surface area contributed by atoms with Crippen molar-refractivity contribution in [2.75, 3.05) is 18.4 Å². The van der Waals surface area contributed by atoms with E-state index in [9.17, 15) is 4.79 Å². The number of aromatic nitrogens is 2. The zero-order chi connectivity index (χ0) is 15.5. The van der Waals surface area contributed by atoms with Gasteiger partial charge in [-0.3, -0.25) is 9.69 Å². The number of likely N-dealkylation sites (tertiary alicyclic amines) is 1. The molecule has 1 aliphatic heterocycles. The van der Waals surface area contributed by atoms with Gasteiger partial charge in [0.1, 0.15) is 5.82 Å². The average Bonchev–Trinajstić information content (AvgIpc) is 3.14. The molecule has 5 heteroatoms. The van der Waals surface area contributed by atoms with Gasteiger partial charge in [0.05, 0.1) is 17.6 Å². The number of hydrogen-bond donors (Lipinski definition) is 1. The maximum absolute atomic E-state index is 11.5. The van der Waals surface area contributed by atoms with Crippen LogP contribution in [0.4, 0.5) is 5.69 Å². The molecule has 0 atom stereocenters. The summed E-state index contributed by atoms with van der Waals surface area (Å²) in [6.07, 6.45) is 3.07. The molecule has 1 aromatic carbocycles. The largest absolute Gasteiger partial charge is 0.327 e. The molecule has 1 fully saturated rings. The highest BCUT2D eigenvalue weighted by atomic mass is 16.1. The molecule has 1 amide bonds. The maximum atomic E-state index is 11.5. The normalized spacial score (nSPS) is 15.5. The number of anilines is 1. The van der Waals surface area contributed by atoms with Gasteiger partial charge in [-0.15, -0.1) is 0 Å². The third kappa shape index (κ3) is 2.99. The second-order valence-electron chi connectivity index (χ2n) is 5.86. The second kappa shape index (κ2) is 6.48. The molecule has 22 heavy (non-hydrogen) atoms. The fourth-order valence-corrected chi connectivity index (χ4v) is 3.12. The van der Waals surface area contributed by atoms with E-state index in [4.69, 9.17) is 4.98 Å². The standard InChI is InChI=1S/C17H24N4O/c1-3-17(22)18-13-7-8-15-14(11-13)19-16(21(15)4-2)12-20-9-5-6-10-20/h7-8,11H,3-6,9-10,12H2,1-2H3,(H,18,22). The molecule has 1 saturated heterocycles. The molecule has 118 valence electrons. The number of fused-ring (bicyclic) bond motifs is 1. The minimum Gasteiger partial charge on any atom is -0.327 e. The molecular weight excluding hydrogens is 276 g/mol. The van der Waals surface area contributed by atoms with Gasteiger partial charge in [0.25, 0.3) is 0 Å². The van der Waals surface area contributed by atoms with E-state index in [1.807, 2.05) is 19.1 Å². The first kappa shape index (κ1) is 15.0. The van der Waals surface area contributed by atoms with Crippen LogP contribution in [-0.4, -0.2) is 33.4 Å². The lowest BCUT2D eigenvalue weighted by Crippen LogP contribution is -2.21. The Labute approximate surface area is 131 Å². The zero-order valence-electron chi connectivity index (χ0n) is 13.4. The highest BCUT2D eigenvalue weighted by Crippen LogP contribution is 2.22. The summed E-state index contributed by atoms with van der Waals surface area (Å²) in [5.74, 6) is 1.16. The maximum Gasteiger partial charge on any atom is 0.224 e. The van der Waals surface area contributed by atoms with E-state index in [1.165, 1.54) is 25.9 Å². The predicted molar refractivity (Wildman–Crippen MR) is 88.8 cm³/mol. The molecule has 1 N–H and O–H groups in total. The summed E-state index contributed by atoms with van der Waals surface area (Å²) >= 11 is 0. The minimum absolute atomic E-state index is 0.0339. The molecule has 0 aliphatic carbocycles. The van der Waals surface area contributed by atoms with E-state index in [-0.39, 0.29) is 5.91 Å². The van der Waals surface area contributed by atoms with Gasteiger partial charge in [0.15, 0.2) is 0 Å². The van der Waals surface area contributed by atoms with Crippen LogP contribution < -0.4 is 5.32 Å². The molecule has 0 unspecified atom stereocenters. The van der Waals surface area contributed by atoms with Crippen molar-refractivity contribution in [2.24, 2.45) is 0 Å². The predicted octanol–water partition coefficient (Wildman–Crippen LogP) is 3.00. The molecule has 5 nitrogen and oxygen atoms in total. The molecular formula is C17H24N4O. The van der Waals surface area contributed by atoms with Crippen LogP contribution in [0.15, 0.2) is 18.2 Å². The zero-order valence-corrected chi connectivity index (χ0v) is 13.4. The van der Waals surface area contributed by atoms with Gasteiger partial charge in [-0.1, -0.05) is 6.92 Å². The highest BCUT2D eigenvalue weighted by molar-refractivity contribution is 5.92. The molecule has 0 saturated carbocycles. The third-order valence-corrected chi connectivity index (χ3v) is 4.31. The summed E-state index contributed by atoms with van der Waals surface area (Å²) in [5.41, 5.74) is 2.93. The Balaban J connectivity index is 1.90. The third-order valence-electron chi connectivity index (χ3n) is 4.31. The summed E-state index contributed by atoms with van der Waals surface area (Å²) < 4.78 is 2.28. The van der Waals surface area contributed by atoms with Gasteiger partial charge >= 0.3 is 0 Å². The van der Waals surface area contributed by atoms with Crippen molar-refractivity contribution >= 4 is 22.6 Å². The summed E-state index contributed by atoms with van der Waals surface area (Å²) in [5, 5.41) is 2.90. The first-order valence-electron chi connectivity index (χ1n) is 8.22. The molecule has 0 radical (unpaired) electrons. The van der Waals surface area contributed by atoms with Gasteiger partial charge in [0, 0.05) is 18.7 Å². The fraction of sp³-hybridized carbons (Fsp3) is 0.529. The van der Waals surface area contributed by atoms with Gasteiger partial charge in [-0.05, 0) is 51.1 Å². The number of nitrogens with one attached hydrogen (secondary N) is 1. The Hall–Kier alpha value is -1.88. The van der Waals surface area contributed by atoms with Crippen molar-refractivity contribution in [1.82, 2.24) is 14.5 Å². The lowest BCUT2D eigenvalue weighted by molar-refractivity contribution is -0.115. The number of nitrogens with zero attached hydrogens (tertiary/aromatic N) is 3. The molecule has 2 aromatic rings. The van der Waals surface area contributed by atoms with Gasteiger partial charge in [-0.2, -0.15) is 0 Å². The van der Waals surface area contributed by atoms with Crippen LogP contribution in [0.25, 0.3) is 11.0 Å². The van der Waals surface area contributed by atoms with Gasteiger partial charge in [0.2, 0.25) is 5.91 Å². The fourth-order valence-electron chi connectivity index (χ4n) is 3.12. The van der Waals surface area contributed by atoms with Crippen LogP contribution in [0.5, 0.6) is 0 Å². The number of carbonyl (C=O) groups is 1. The summed E-state index contributed by atoms with van der Waals surface area (Å²) in [6, 6.07) is 6.00. The van der Waals surface area contributed by atoms with Crippen molar-refractivity contribution in [3.8, 4) is 0 Å². The smallest absolute Gasteiger partial charge is 0.224 e. The number of hydrogen-bond acceptors (Lipinski definition) is 3. The van der Waals surface area contributed by atoms with Crippen LogP contribution in [0, 0.1) is 0 Å². The number of imidazole rings is 1. The van der Waals surface area contributed by atoms with Crippen molar-refractivity contribution in [1.29, 1.82) is 0 Å². The van der Waals surface area contributed by atoms with Crippen LogP contribution in [0.1, 0.15) is 38.9 Å². The minimum atomic E-state index is 0.0339. The topological polar surface area (TPSA) is 50.2 Å². The van der Waals surface area contributed by atoms with Gasteiger partial charge in [-0.25, -0.2) is 4.98 Å². The lowest BCUT2D eigenvalue weighted by Gasteiger charge is -2.14. The summed E-state index contributed by atoms with van der Waals surface area (Å²) in [4.78, 5) is 18.8. The Morgan fingerprint density at radius 2 is 2.05 bits per heavy atom. The summed E-state index contributed by atoms with van der Waals surface area (Å²) in [6.45, 7) is 8.18. The van der Waals surface area contributed by atoms with E-state index in [0.717, 1.165) is 35.6 Å². The average molecular weight is 300 g/mol. The Morgan fingerprint density at radius 1 is 1.27 bits per heavy atom. The molecule has 0 bridgehead atoms. The van der Waals surface area contributed by atoms with Gasteiger partial charge < -0.3 is 9.88 Å². The van der Waals surface area contributed by atoms with Crippen molar-refractivity contribution < 1.29 is 4.79 Å². The number of aryl methyl sites for hydroxylation is 1. The molecule has 1 aromatic heterocycles. The van der Waals surface area contributed by atoms with Crippen LogP contribution >= 0.6 is 0 Å². The lowest BCUT2D eigenvalue weighted by atomic mass is 10.2. The second-order valence-corrected chi connectivity index (χ2v) is 5.86. The number of carbonyl (C=O) groups excluding carboxylic acids is 1. The van der Waals surface area contributed by atoms with Crippen molar-refractivity contribution in [3.05, 3.63) is 24.0 Å². The first-order valence-corrected chi connectivity index (χ1v) is 8.22. The number of benzene rings is 1. The Kier molecular flexibility index (Phi) is 4.43. The first-order chi connectivity index (χ1) is 10.7. The SMILES string of the molecule is CCC(=O)Nc1ccc2c(c1)nc(CN1CCCC1)n2CC. The molecule has 3 rings (SSSR count). The monoisotopic (exact) mass is 300 g/mol. The number of amides is 1. The van der Waals surface area contributed by atoms with Crippen molar-refractivity contribution in [3.63, 3.8) is 0 Å². The van der Waals surface area contributed by atoms with E-state index < -0.39 is 0 Å². The van der Waals surface area contributed by atoms with E-state index in [0.29, 0.717) is 6.42 Å². The highest BCUT2D eigenvalue weighted by Gasteiger charge is 2.17. The van der Waals surface area contributed by atoms with E-state index in [2.05, 4.69) is 27.8 Å². The Bertz CT molecular complexity index is 671. The van der Waals surface area contributed by atoms with Crippen LogP contribution in [-0.2, 0) is 17.9 Å². The van der Waals surface area contributed by atoms with Crippen LogP contribution in [0.2, 0.25) is 0 Å². The summed E-state index contributed by atoms with van der Waals surface area (Å²) in [7, 11) is 0. The van der Waals surface area contributed by atoms with Crippen molar-refractivity contribution in [2.45, 2.75) is 46.2 Å². The van der Waals surface area contributed by atoms with Crippen LogP contribution in [0.3, 0.4) is 0 Å². The molecule has 0 spiro atoms. The quantitative estimate of drug-likeness (QED) is 0.923. The molecule has 2 heterocycles. The number of rotatable bonds is 5.